The second kappa shape index (κ2) is 6.00. The highest BCUT2D eigenvalue weighted by atomic mass is 19.1. The molecule has 0 radical (unpaired) electrons. The number of ether oxygens (including phenoxy) is 1. The Kier molecular flexibility index (Phi) is 4.34. The van der Waals surface area contributed by atoms with Crippen LogP contribution >= 0.6 is 0 Å². The summed E-state index contributed by atoms with van der Waals surface area (Å²) in [5.41, 5.74) is 0.577. The molecule has 2 rings (SSSR count). The first-order valence-electron chi connectivity index (χ1n) is 6.37. The fourth-order valence-corrected chi connectivity index (χ4v) is 2.19. The van der Waals surface area contributed by atoms with Gasteiger partial charge in [0.05, 0.1) is 19.1 Å². The molecule has 0 saturated carbocycles. The number of carbonyl (C=O) groups is 2. The van der Waals surface area contributed by atoms with Gasteiger partial charge >= 0.3 is 5.97 Å². The second-order valence-corrected chi connectivity index (χ2v) is 4.76. The maximum Gasteiger partial charge on any atom is 0.334 e. The van der Waals surface area contributed by atoms with Crippen molar-refractivity contribution >= 4 is 11.9 Å². The minimum atomic E-state index is -1.08. The first-order valence-corrected chi connectivity index (χ1v) is 6.37. The van der Waals surface area contributed by atoms with Crippen LogP contribution in [-0.4, -0.2) is 47.7 Å². The molecule has 0 aromatic heterocycles. The molecule has 1 aliphatic rings. The summed E-state index contributed by atoms with van der Waals surface area (Å²) >= 11 is 0. The molecule has 6 heteroatoms. The largest absolute Gasteiger partial charge is 0.479 e. The highest BCUT2D eigenvalue weighted by Crippen LogP contribution is 2.20. The van der Waals surface area contributed by atoms with Gasteiger partial charge in [0.15, 0.2) is 6.10 Å². The number of amides is 1. The quantitative estimate of drug-likeness (QED) is 0.905. The number of hydrogen-bond acceptors (Lipinski definition) is 3. The zero-order valence-corrected chi connectivity index (χ0v) is 11.1. The molecule has 0 bridgehead atoms. The molecule has 20 heavy (non-hydrogen) atoms. The summed E-state index contributed by atoms with van der Waals surface area (Å²) in [6.07, 6.45) is -0.993. The predicted molar refractivity (Wildman–Crippen MR) is 68.8 cm³/mol. The van der Waals surface area contributed by atoms with Crippen molar-refractivity contribution in [3.63, 3.8) is 0 Å². The van der Waals surface area contributed by atoms with Gasteiger partial charge in [-0.3, -0.25) is 4.79 Å². The second-order valence-electron chi connectivity index (χ2n) is 4.76. The summed E-state index contributed by atoms with van der Waals surface area (Å²) in [5, 5.41) is 8.92. The Hall–Kier alpha value is -1.95. The number of aliphatic carboxylic acids is 1. The average Bonchev–Trinajstić information content (AvgIpc) is 2.45. The van der Waals surface area contributed by atoms with Gasteiger partial charge in [0, 0.05) is 6.54 Å². The first kappa shape index (κ1) is 14.5. The van der Waals surface area contributed by atoms with Crippen molar-refractivity contribution in [3.05, 3.63) is 35.6 Å². The monoisotopic (exact) mass is 281 g/mol. The van der Waals surface area contributed by atoms with Crippen LogP contribution in [0.2, 0.25) is 0 Å². The molecule has 1 aromatic rings. The topological polar surface area (TPSA) is 66.8 Å². The van der Waals surface area contributed by atoms with Crippen LogP contribution in [0.15, 0.2) is 24.3 Å². The summed E-state index contributed by atoms with van der Waals surface area (Å²) in [6, 6.07) is 5.86. The maximum absolute atomic E-state index is 13.2. The van der Waals surface area contributed by atoms with Crippen molar-refractivity contribution in [3.8, 4) is 0 Å². The molecule has 1 aromatic carbocycles. The molecule has 1 amide bonds. The maximum atomic E-state index is 13.2. The number of carboxylic acid groups (broad SMARTS) is 1. The Balaban J connectivity index is 2.08. The summed E-state index contributed by atoms with van der Waals surface area (Å²) in [4.78, 5) is 24.7. The van der Waals surface area contributed by atoms with Crippen LogP contribution in [-0.2, 0) is 14.3 Å². The van der Waals surface area contributed by atoms with E-state index in [9.17, 15) is 14.0 Å². The molecule has 1 saturated heterocycles. The SMILES string of the molecule is C[C@@H](C(=O)N1CCO[C@@H](C(=O)O)C1)c1cccc(F)c1. The van der Waals surface area contributed by atoms with Gasteiger partial charge in [-0.1, -0.05) is 12.1 Å². The van der Waals surface area contributed by atoms with Crippen LogP contribution in [0.1, 0.15) is 18.4 Å². The van der Waals surface area contributed by atoms with Crippen molar-refractivity contribution in [1.29, 1.82) is 0 Å². The van der Waals surface area contributed by atoms with Gasteiger partial charge < -0.3 is 14.7 Å². The summed E-state index contributed by atoms with van der Waals surface area (Å²) in [7, 11) is 0. The normalized spacial score (nSPS) is 20.5. The van der Waals surface area contributed by atoms with E-state index in [4.69, 9.17) is 9.84 Å². The molecule has 2 atom stereocenters. The van der Waals surface area contributed by atoms with E-state index in [2.05, 4.69) is 0 Å². The Labute approximate surface area is 116 Å². The molecule has 0 spiro atoms. The van der Waals surface area contributed by atoms with Crippen LogP contribution < -0.4 is 0 Å². The predicted octanol–water partition coefficient (Wildman–Crippen LogP) is 1.24. The Morgan fingerprint density at radius 3 is 2.90 bits per heavy atom. The molecule has 1 heterocycles. The lowest BCUT2D eigenvalue weighted by molar-refractivity contribution is -0.159. The van der Waals surface area contributed by atoms with Crippen molar-refractivity contribution < 1.29 is 23.8 Å². The zero-order valence-electron chi connectivity index (χ0n) is 11.1. The fraction of sp³-hybridized carbons (Fsp3) is 0.429. The van der Waals surface area contributed by atoms with E-state index < -0.39 is 23.8 Å². The fourth-order valence-electron chi connectivity index (χ4n) is 2.19. The van der Waals surface area contributed by atoms with E-state index >= 15 is 0 Å². The van der Waals surface area contributed by atoms with Crippen LogP contribution in [0.4, 0.5) is 4.39 Å². The lowest BCUT2D eigenvalue weighted by atomic mass is 9.99. The van der Waals surface area contributed by atoms with Crippen molar-refractivity contribution in [2.75, 3.05) is 19.7 Å². The molecule has 1 aliphatic heterocycles. The van der Waals surface area contributed by atoms with Gasteiger partial charge in [0.1, 0.15) is 5.82 Å². The van der Waals surface area contributed by atoms with E-state index in [1.165, 1.54) is 17.0 Å². The molecule has 0 unspecified atom stereocenters. The van der Waals surface area contributed by atoms with Crippen LogP contribution in [0.3, 0.4) is 0 Å². The van der Waals surface area contributed by atoms with Gasteiger partial charge in [-0.05, 0) is 24.6 Å². The van der Waals surface area contributed by atoms with Crippen molar-refractivity contribution in [2.24, 2.45) is 0 Å². The molecular formula is C14H16FNO4. The highest BCUT2D eigenvalue weighted by Gasteiger charge is 2.31. The average molecular weight is 281 g/mol. The summed E-state index contributed by atoms with van der Waals surface area (Å²) in [6.45, 7) is 2.25. The molecule has 1 fully saturated rings. The number of carboxylic acids is 1. The van der Waals surface area contributed by atoms with E-state index in [0.717, 1.165) is 0 Å². The van der Waals surface area contributed by atoms with Crippen LogP contribution in [0.25, 0.3) is 0 Å². The van der Waals surface area contributed by atoms with E-state index in [1.54, 1.807) is 19.1 Å². The third-order valence-electron chi connectivity index (χ3n) is 3.37. The number of nitrogens with zero attached hydrogens (tertiary/aromatic N) is 1. The minimum absolute atomic E-state index is 0.0216. The van der Waals surface area contributed by atoms with Gasteiger partial charge in [-0.25, -0.2) is 9.18 Å². The van der Waals surface area contributed by atoms with Crippen LogP contribution in [0.5, 0.6) is 0 Å². The molecule has 108 valence electrons. The zero-order chi connectivity index (χ0) is 14.7. The summed E-state index contributed by atoms with van der Waals surface area (Å²) < 4.78 is 18.2. The number of hydrogen-bond donors (Lipinski definition) is 1. The first-order chi connectivity index (χ1) is 9.49. The number of morpholine rings is 1. The molecule has 1 N–H and O–H groups in total. The standard InChI is InChI=1S/C14H16FNO4/c1-9(10-3-2-4-11(15)7-10)13(17)16-5-6-20-12(8-16)14(18)19/h2-4,7,9,12H,5-6,8H2,1H3,(H,18,19)/t9-,12-/m1/s1. The molecule has 0 aliphatic carbocycles. The highest BCUT2D eigenvalue weighted by molar-refractivity contribution is 5.84. The lowest BCUT2D eigenvalue weighted by Crippen LogP contribution is -2.49. The van der Waals surface area contributed by atoms with E-state index in [-0.39, 0.29) is 19.1 Å². The number of rotatable bonds is 3. The number of benzene rings is 1. The molecular weight excluding hydrogens is 265 g/mol. The van der Waals surface area contributed by atoms with Gasteiger partial charge in [0.2, 0.25) is 5.91 Å². The lowest BCUT2D eigenvalue weighted by Gasteiger charge is -2.32. The van der Waals surface area contributed by atoms with Gasteiger partial charge in [-0.2, -0.15) is 0 Å². The van der Waals surface area contributed by atoms with E-state index in [0.29, 0.717) is 12.1 Å². The minimum Gasteiger partial charge on any atom is -0.479 e. The van der Waals surface area contributed by atoms with E-state index in [1.807, 2.05) is 0 Å². The number of carbonyl (C=O) groups excluding carboxylic acids is 1. The van der Waals surface area contributed by atoms with Crippen molar-refractivity contribution in [2.45, 2.75) is 18.9 Å². The van der Waals surface area contributed by atoms with Crippen LogP contribution in [0, 0.1) is 5.82 Å². The summed E-state index contributed by atoms with van der Waals surface area (Å²) in [5.74, 6) is -2.21. The smallest absolute Gasteiger partial charge is 0.334 e. The Bertz CT molecular complexity index is 520. The number of halogens is 1. The van der Waals surface area contributed by atoms with Crippen molar-refractivity contribution in [1.82, 2.24) is 4.90 Å². The third-order valence-corrected chi connectivity index (χ3v) is 3.37. The third kappa shape index (κ3) is 3.14. The Morgan fingerprint density at radius 2 is 2.25 bits per heavy atom. The Morgan fingerprint density at radius 1 is 1.50 bits per heavy atom. The molecule has 5 nitrogen and oxygen atoms in total. The van der Waals surface area contributed by atoms with Gasteiger partial charge in [-0.15, -0.1) is 0 Å². The van der Waals surface area contributed by atoms with Gasteiger partial charge in [0.25, 0.3) is 0 Å².